The molecular formula is C17H16N2O4. The number of rotatable bonds is 2. The summed E-state index contributed by atoms with van der Waals surface area (Å²) >= 11 is 0. The van der Waals surface area contributed by atoms with E-state index in [0.717, 1.165) is 31.4 Å². The maximum absolute atomic E-state index is 12.2. The number of amides is 1. The first kappa shape index (κ1) is 13.9. The number of aromatic nitrogens is 1. The summed E-state index contributed by atoms with van der Waals surface area (Å²) in [5.74, 6) is 0.596. The first-order valence-corrected chi connectivity index (χ1v) is 7.66. The summed E-state index contributed by atoms with van der Waals surface area (Å²) in [5.41, 5.74) is 1.05. The van der Waals surface area contributed by atoms with Gasteiger partial charge in [0.1, 0.15) is 0 Å². The third kappa shape index (κ3) is 2.56. The second kappa shape index (κ2) is 5.15. The molecule has 2 aromatic rings. The van der Waals surface area contributed by atoms with Crippen LogP contribution in [-0.2, 0) is 0 Å². The standard InChI is InChI=1S/C17H16N2O4/c20-16(12-5-9-19(21)10-6-12)18-13-3-4-14-15(11-13)23-17(22-14)7-1-2-8-17/h3-6,9-11H,1-2,7-8H2,(H,18,20). The minimum Gasteiger partial charge on any atom is -0.619 e. The smallest absolute Gasteiger partial charge is 0.256 e. The topological polar surface area (TPSA) is 74.5 Å². The largest absolute Gasteiger partial charge is 0.619 e. The Morgan fingerprint density at radius 2 is 1.78 bits per heavy atom. The van der Waals surface area contributed by atoms with E-state index in [4.69, 9.17) is 9.47 Å². The Kier molecular flexibility index (Phi) is 3.11. The average molecular weight is 312 g/mol. The number of anilines is 1. The van der Waals surface area contributed by atoms with E-state index in [0.29, 0.717) is 21.7 Å². The van der Waals surface area contributed by atoms with Crippen LogP contribution in [0, 0.1) is 5.21 Å². The van der Waals surface area contributed by atoms with Gasteiger partial charge in [-0.25, -0.2) is 0 Å². The van der Waals surface area contributed by atoms with Crippen LogP contribution in [0.25, 0.3) is 0 Å². The molecular weight excluding hydrogens is 296 g/mol. The average Bonchev–Trinajstić information content (AvgIpc) is 3.14. The van der Waals surface area contributed by atoms with Gasteiger partial charge in [0.05, 0.1) is 5.56 Å². The highest BCUT2D eigenvalue weighted by atomic mass is 16.7. The number of ether oxygens (including phenoxy) is 2. The Hall–Kier alpha value is -2.76. The third-order valence-electron chi connectivity index (χ3n) is 4.22. The van der Waals surface area contributed by atoms with Gasteiger partial charge in [-0.05, 0) is 25.0 Å². The first-order chi connectivity index (χ1) is 11.1. The molecule has 0 atom stereocenters. The SMILES string of the molecule is O=C(Nc1ccc2c(c1)OC1(CCCC1)O2)c1cc[n+]([O-])cc1. The maximum Gasteiger partial charge on any atom is 0.256 e. The number of carbonyl (C=O) groups is 1. The highest BCUT2D eigenvalue weighted by Crippen LogP contribution is 2.47. The number of benzene rings is 1. The molecule has 1 saturated carbocycles. The Balaban J connectivity index is 1.51. The molecule has 1 N–H and O–H groups in total. The predicted octanol–water partition coefficient (Wildman–Crippen LogP) is 2.61. The van der Waals surface area contributed by atoms with Crippen LogP contribution < -0.4 is 19.5 Å². The second-order valence-corrected chi connectivity index (χ2v) is 5.88. The molecule has 0 saturated heterocycles. The second-order valence-electron chi connectivity index (χ2n) is 5.88. The van der Waals surface area contributed by atoms with Gasteiger partial charge >= 0.3 is 0 Å². The van der Waals surface area contributed by atoms with E-state index < -0.39 is 5.79 Å². The molecule has 0 unspecified atom stereocenters. The van der Waals surface area contributed by atoms with Crippen molar-refractivity contribution < 1.29 is 19.0 Å². The third-order valence-corrected chi connectivity index (χ3v) is 4.22. The van der Waals surface area contributed by atoms with Gasteiger partial charge in [-0.2, -0.15) is 4.73 Å². The van der Waals surface area contributed by atoms with Crippen LogP contribution in [0.1, 0.15) is 36.0 Å². The molecule has 2 heterocycles. The number of nitrogens with zero attached hydrogens (tertiary/aromatic N) is 1. The van der Waals surface area contributed by atoms with E-state index in [1.807, 2.05) is 6.07 Å². The van der Waals surface area contributed by atoms with E-state index in [-0.39, 0.29) is 5.91 Å². The Labute approximate surface area is 133 Å². The van der Waals surface area contributed by atoms with Crippen LogP contribution in [0.5, 0.6) is 11.5 Å². The predicted molar refractivity (Wildman–Crippen MR) is 82.3 cm³/mol. The number of carbonyl (C=O) groups excluding carboxylic acids is 1. The normalized spacial score (nSPS) is 17.4. The zero-order valence-corrected chi connectivity index (χ0v) is 12.5. The molecule has 1 spiro atoms. The summed E-state index contributed by atoms with van der Waals surface area (Å²) in [7, 11) is 0. The minimum atomic E-state index is -0.508. The summed E-state index contributed by atoms with van der Waals surface area (Å²) in [6.45, 7) is 0. The lowest BCUT2D eigenvalue weighted by Crippen LogP contribution is -2.34. The van der Waals surface area contributed by atoms with Crippen LogP contribution in [-0.4, -0.2) is 11.7 Å². The number of hydrogen-bond donors (Lipinski definition) is 1. The summed E-state index contributed by atoms with van der Waals surface area (Å²) in [4.78, 5) is 12.2. The lowest BCUT2D eigenvalue weighted by molar-refractivity contribution is -0.605. The van der Waals surface area contributed by atoms with Crippen molar-refractivity contribution in [3.05, 3.63) is 53.5 Å². The number of pyridine rings is 1. The molecule has 6 nitrogen and oxygen atoms in total. The van der Waals surface area contributed by atoms with E-state index in [2.05, 4.69) is 5.32 Å². The van der Waals surface area contributed by atoms with Crippen LogP contribution in [0.2, 0.25) is 0 Å². The molecule has 1 fully saturated rings. The van der Waals surface area contributed by atoms with Gasteiger partial charge in [0.25, 0.3) is 11.7 Å². The van der Waals surface area contributed by atoms with E-state index in [1.165, 1.54) is 24.5 Å². The Morgan fingerprint density at radius 1 is 1.09 bits per heavy atom. The van der Waals surface area contributed by atoms with Crippen LogP contribution in [0.15, 0.2) is 42.7 Å². The van der Waals surface area contributed by atoms with Gasteiger partial charge in [-0.15, -0.1) is 0 Å². The highest BCUT2D eigenvalue weighted by Gasteiger charge is 2.44. The summed E-state index contributed by atoms with van der Waals surface area (Å²) in [6, 6.07) is 8.32. The van der Waals surface area contributed by atoms with Crippen molar-refractivity contribution in [1.29, 1.82) is 0 Å². The lowest BCUT2D eigenvalue weighted by Gasteiger charge is -2.21. The van der Waals surface area contributed by atoms with Crippen molar-refractivity contribution in [3.8, 4) is 11.5 Å². The molecule has 4 rings (SSSR count). The zero-order valence-electron chi connectivity index (χ0n) is 12.5. The van der Waals surface area contributed by atoms with Crippen molar-refractivity contribution in [3.63, 3.8) is 0 Å². The minimum absolute atomic E-state index is 0.278. The van der Waals surface area contributed by atoms with Crippen LogP contribution >= 0.6 is 0 Å². The molecule has 1 aliphatic carbocycles. The molecule has 0 radical (unpaired) electrons. The van der Waals surface area contributed by atoms with Gasteiger partial charge in [0.15, 0.2) is 23.9 Å². The van der Waals surface area contributed by atoms with Gasteiger partial charge in [-0.1, -0.05) is 0 Å². The van der Waals surface area contributed by atoms with Gasteiger partial charge in [-0.3, -0.25) is 4.79 Å². The summed E-state index contributed by atoms with van der Waals surface area (Å²) in [6.07, 6.45) is 6.57. The molecule has 1 amide bonds. The maximum atomic E-state index is 12.2. The molecule has 1 aromatic carbocycles. The van der Waals surface area contributed by atoms with Crippen molar-refractivity contribution in [2.24, 2.45) is 0 Å². The van der Waals surface area contributed by atoms with Gasteiger partial charge in [0.2, 0.25) is 0 Å². The van der Waals surface area contributed by atoms with E-state index in [1.54, 1.807) is 12.1 Å². The van der Waals surface area contributed by atoms with Crippen LogP contribution in [0.3, 0.4) is 0 Å². The lowest BCUT2D eigenvalue weighted by atomic mass is 10.2. The Bertz CT molecular complexity index is 752. The number of fused-ring (bicyclic) bond motifs is 1. The van der Waals surface area contributed by atoms with Crippen molar-refractivity contribution in [1.82, 2.24) is 0 Å². The van der Waals surface area contributed by atoms with Crippen molar-refractivity contribution in [2.45, 2.75) is 31.5 Å². The van der Waals surface area contributed by atoms with E-state index in [9.17, 15) is 10.0 Å². The molecule has 118 valence electrons. The molecule has 6 heteroatoms. The molecule has 2 aliphatic rings. The van der Waals surface area contributed by atoms with Crippen molar-refractivity contribution in [2.75, 3.05) is 5.32 Å². The fourth-order valence-corrected chi connectivity index (χ4v) is 3.06. The monoisotopic (exact) mass is 312 g/mol. The van der Waals surface area contributed by atoms with E-state index >= 15 is 0 Å². The molecule has 23 heavy (non-hydrogen) atoms. The quantitative estimate of drug-likeness (QED) is 0.683. The fraction of sp³-hybridized carbons (Fsp3) is 0.294. The zero-order chi connectivity index (χ0) is 15.9. The first-order valence-electron chi connectivity index (χ1n) is 7.66. The number of nitrogens with one attached hydrogen (secondary N) is 1. The highest BCUT2D eigenvalue weighted by molar-refractivity contribution is 6.04. The van der Waals surface area contributed by atoms with Gasteiger partial charge in [0, 0.05) is 36.7 Å². The molecule has 0 bridgehead atoms. The summed E-state index contributed by atoms with van der Waals surface area (Å²) in [5, 5.41) is 13.8. The fourth-order valence-electron chi connectivity index (χ4n) is 3.06. The van der Waals surface area contributed by atoms with Crippen molar-refractivity contribution >= 4 is 11.6 Å². The number of hydrogen-bond acceptors (Lipinski definition) is 4. The van der Waals surface area contributed by atoms with Crippen LogP contribution in [0.4, 0.5) is 5.69 Å². The Morgan fingerprint density at radius 3 is 2.52 bits per heavy atom. The molecule has 1 aromatic heterocycles. The summed E-state index contributed by atoms with van der Waals surface area (Å²) < 4.78 is 12.6. The molecule has 1 aliphatic heterocycles. The van der Waals surface area contributed by atoms with Gasteiger partial charge < -0.3 is 20.0 Å².